The Kier molecular flexibility index (Phi) is 3.99. The highest BCUT2D eigenvalue weighted by Crippen LogP contribution is 2.55. The number of rotatable bonds is 5. The molecule has 144 valence electrons. The van der Waals surface area contributed by atoms with Gasteiger partial charge in [0.25, 0.3) is 5.56 Å². The number of nitrogens with zero attached hydrogens (tertiary/aromatic N) is 3. The van der Waals surface area contributed by atoms with E-state index in [1.54, 1.807) is 10.9 Å². The molecule has 4 atom stereocenters. The van der Waals surface area contributed by atoms with Crippen LogP contribution in [-0.2, 0) is 20.7 Å². The van der Waals surface area contributed by atoms with Crippen LogP contribution in [0.5, 0.6) is 0 Å². The van der Waals surface area contributed by atoms with Crippen LogP contribution in [0.2, 0.25) is 0 Å². The van der Waals surface area contributed by atoms with Crippen LogP contribution in [0.4, 0.5) is 0 Å². The number of Topliss-reactive ketones (excluding diaryl/α,β-unsaturated/α-hetero) is 1. The zero-order valence-electron chi connectivity index (χ0n) is 16.0. The van der Waals surface area contributed by atoms with Gasteiger partial charge < -0.3 is 14.5 Å². The summed E-state index contributed by atoms with van der Waals surface area (Å²) < 4.78 is 13.9. The summed E-state index contributed by atoms with van der Waals surface area (Å²) in [4.78, 5) is 36.0. The fraction of sp³-hybridized carbons (Fsp3) is 0.579. The van der Waals surface area contributed by atoms with E-state index in [4.69, 9.17) is 9.47 Å². The predicted octanol–water partition coefficient (Wildman–Crippen LogP) is 2.11. The molecule has 4 rings (SSSR count). The van der Waals surface area contributed by atoms with Crippen molar-refractivity contribution in [2.24, 2.45) is 11.8 Å². The molecule has 2 fully saturated rings. The molecule has 0 saturated carbocycles. The molecule has 2 aromatic rings. The van der Waals surface area contributed by atoms with E-state index in [9.17, 15) is 9.59 Å². The second-order valence-electron chi connectivity index (χ2n) is 7.68. The molecular weight excluding hydrogens is 348 g/mol. The van der Waals surface area contributed by atoms with Gasteiger partial charge in [0.1, 0.15) is 35.4 Å². The third kappa shape index (κ3) is 2.46. The summed E-state index contributed by atoms with van der Waals surface area (Å²) in [7, 11) is 0. The van der Waals surface area contributed by atoms with Gasteiger partial charge in [0.2, 0.25) is 0 Å². The van der Waals surface area contributed by atoms with Gasteiger partial charge in [0, 0.05) is 11.8 Å². The van der Waals surface area contributed by atoms with Crippen LogP contribution in [0.1, 0.15) is 46.2 Å². The minimum atomic E-state index is -0.546. The van der Waals surface area contributed by atoms with Crippen LogP contribution >= 0.6 is 0 Å². The molecule has 1 unspecified atom stereocenters. The maximum atomic E-state index is 12.7. The summed E-state index contributed by atoms with van der Waals surface area (Å²) in [6.45, 7) is 11.7. The number of imidazole rings is 1. The monoisotopic (exact) mass is 372 g/mol. The fourth-order valence-corrected chi connectivity index (χ4v) is 4.11. The fourth-order valence-electron chi connectivity index (χ4n) is 4.11. The standard InChI is InChI=1S/C19H24N4O4/c1-6-19-10(4)15(26-11(19)5)18(27-19)23-8-20-16-14(23)17(25)22-13(21-16)7-12(24)9(2)3/h8-10,15,18H,5-7H2,1-4H3,(H,21,22,25)/t10?,15-,18+,19+/m0/s1. The number of ether oxygens (including phenoxy) is 2. The highest BCUT2D eigenvalue weighted by atomic mass is 16.6. The minimum Gasteiger partial charge on any atom is -0.487 e. The van der Waals surface area contributed by atoms with Gasteiger partial charge in [0.05, 0.1) is 6.42 Å². The van der Waals surface area contributed by atoms with Gasteiger partial charge in [-0.25, -0.2) is 9.97 Å². The molecule has 2 bridgehead atoms. The lowest BCUT2D eigenvalue weighted by Gasteiger charge is -2.32. The smallest absolute Gasteiger partial charge is 0.277 e. The second kappa shape index (κ2) is 6.02. The number of fused-ring (bicyclic) bond motifs is 3. The number of hydrogen-bond acceptors (Lipinski definition) is 6. The molecule has 0 spiro atoms. The van der Waals surface area contributed by atoms with Gasteiger partial charge >= 0.3 is 0 Å². The van der Waals surface area contributed by atoms with Crippen LogP contribution in [0, 0.1) is 11.8 Å². The van der Waals surface area contributed by atoms with Crippen LogP contribution in [-0.4, -0.2) is 37.0 Å². The van der Waals surface area contributed by atoms with E-state index < -0.39 is 11.8 Å². The number of aromatic amines is 1. The Morgan fingerprint density at radius 3 is 2.85 bits per heavy atom. The normalized spacial score (nSPS) is 29.7. The Morgan fingerprint density at radius 2 is 2.22 bits per heavy atom. The van der Waals surface area contributed by atoms with Gasteiger partial charge in [-0.05, 0) is 6.42 Å². The summed E-state index contributed by atoms with van der Waals surface area (Å²) in [5, 5.41) is 0. The van der Waals surface area contributed by atoms with Crippen molar-refractivity contribution < 1.29 is 14.3 Å². The molecule has 2 aliphatic rings. The van der Waals surface area contributed by atoms with E-state index in [1.807, 2.05) is 20.8 Å². The van der Waals surface area contributed by atoms with Crippen LogP contribution in [0.3, 0.4) is 0 Å². The van der Waals surface area contributed by atoms with E-state index in [-0.39, 0.29) is 35.7 Å². The van der Waals surface area contributed by atoms with Gasteiger partial charge in [-0.3, -0.25) is 14.2 Å². The van der Waals surface area contributed by atoms with Gasteiger partial charge in [-0.2, -0.15) is 0 Å². The summed E-state index contributed by atoms with van der Waals surface area (Å²) >= 11 is 0. The topological polar surface area (TPSA) is 99.1 Å². The van der Waals surface area contributed by atoms with Gasteiger partial charge in [-0.15, -0.1) is 0 Å². The Labute approximate surface area is 156 Å². The lowest BCUT2D eigenvalue weighted by Crippen LogP contribution is -2.34. The first-order valence-corrected chi connectivity index (χ1v) is 9.30. The number of H-pyrrole nitrogens is 1. The minimum absolute atomic E-state index is 0.0130. The Morgan fingerprint density at radius 1 is 1.48 bits per heavy atom. The van der Waals surface area contributed by atoms with Crippen molar-refractivity contribution in [2.45, 2.75) is 58.5 Å². The van der Waals surface area contributed by atoms with E-state index in [1.165, 1.54) is 0 Å². The quantitative estimate of drug-likeness (QED) is 0.863. The number of carbonyl (C=O) groups excluding carboxylic acids is 1. The largest absolute Gasteiger partial charge is 0.487 e. The van der Waals surface area contributed by atoms with Crippen molar-refractivity contribution in [3.63, 3.8) is 0 Å². The van der Waals surface area contributed by atoms with Crippen molar-refractivity contribution in [3.8, 4) is 0 Å². The number of nitrogens with one attached hydrogen (secondary N) is 1. The molecule has 0 aromatic carbocycles. The lowest BCUT2D eigenvalue weighted by atomic mass is 9.86. The summed E-state index contributed by atoms with van der Waals surface area (Å²) in [6.07, 6.45) is 1.66. The molecule has 0 aliphatic carbocycles. The van der Waals surface area contributed by atoms with Crippen molar-refractivity contribution >= 4 is 16.9 Å². The number of hydrogen-bond donors (Lipinski definition) is 1. The molecule has 0 radical (unpaired) electrons. The Balaban J connectivity index is 1.72. The Bertz CT molecular complexity index is 991. The van der Waals surface area contributed by atoms with Crippen LogP contribution in [0.25, 0.3) is 11.2 Å². The summed E-state index contributed by atoms with van der Waals surface area (Å²) in [5.74, 6) is 0.979. The van der Waals surface area contributed by atoms with E-state index >= 15 is 0 Å². The average Bonchev–Trinajstić information content (AvgIpc) is 3.23. The Hall–Kier alpha value is -2.48. The van der Waals surface area contributed by atoms with Crippen molar-refractivity contribution in [2.75, 3.05) is 0 Å². The molecule has 2 aromatic heterocycles. The molecule has 4 heterocycles. The molecule has 8 nitrogen and oxygen atoms in total. The summed E-state index contributed by atoms with van der Waals surface area (Å²) in [6, 6.07) is 0. The predicted molar refractivity (Wildman–Crippen MR) is 98.0 cm³/mol. The van der Waals surface area contributed by atoms with E-state index in [0.29, 0.717) is 22.7 Å². The molecule has 2 aliphatic heterocycles. The maximum absolute atomic E-state index is 12.7. The summed E-state index contributed by atoms with van der Waals surface area (Å²) in [5.41, 5.74) is -0.266. The first kappa shape index (κ1) is 17.9. The van der Waals surface area contributed by atoms with E-state index in [2.05, 4.69) is 28.5 Å². The first-order valence-electron chi connectivity index (χ1n) is 9.30. The maximum Gasteiger partial charge on any atom is 0.277 e. The third-order valence-electron chi connectivity index (χ3n) is 5.86. The van der Waals surface area contributed by atoms with Gasteiger partial charge in [0.15, 0.2) is 17.4 Å². The zero-order chi connectivity index (χ0) is 19.5. The highest BCUT2D eigenvalue weighted by molar-refractivity contribution is 5.82. The first-order chi connectivity index (χ1) is 12.8. The molecule has 1 N–H and O–H groups in total. The van der Waals surface area contributed by atoms with Crippen molar-refractivity contribution in [3.05, 3.63) is 34.8 Å². The number of aromatic nitrogens is 4. The molecule has 0 amide bonds. The lowest BCUT2D eigenvalue weighted by molar-refractivity contribution is -0.136. The van der Waals surface area contributed by atoms with Crippen LogP contribution in [0.15, 0.2) is 23.5 Å². The second-order valence-corrected chi connectivity index (χ2v) is 7.68. The van der Waals surface area contributed by atoms with Crippen LogP contribution < -0.4 is 5.56 Å². The number of ketones is 1. The zero-order valence-corrected chi connectivity index (χ0v) is 16.0. The average molecular weight is 372 g/mol. The molecule has 27 heavy (non-hydrogen) atoms. The SMILES string of the molecule is C=C1O[C@H]2C(C)[C@@]1(CC)O[C@H]2n1cnc2nc(CC(=O)C(C)C)[nH]c(=O)c21. The van der Waals surface area contributed by atoms with Crippen molar-refractivity contribution in [1.82, 2.24) is 19.5 Å². The highest BCUT2D eigenvalue weighted by Gasteiger charge is 2.62. The third-order valence-corrected chi connectivity index (χ3v) is 5.86. The van der Waals surface area contributed by atoms with E-state index in [0.717, 1.165) is 6.42 Å². The molecule has 8 heteroatoms. The van der Waals surface area contributed by atoms with Crippen molar-refractivity contribution in [1.29, 1.82) is 0 Å². The van der Waals surface area contributed by atoms with Gasteiger partial charge in [-0.1, -0.05) is 34.3 Å². The molecular formula is C19H24N4O4. The number of carbonyl (C=O) groups is 1. The molecule has 2 saturated heterocycles.